The van der Waals surface area contributed by atoms with E-state index >= 15 is 0 Å². The van der Waals surface area contributed by atoms with E-state index in [1.807, 2.05) is 0 Å². The normalized spacial score (nSPS) is 10.3. The Balaban J connectivity index is 0.000000834. The van der Waals surface area contributed by atoms with Gasteiger partial charge in [-0.3, -0.25) is 0 Å². The minimum Gasteiger partial charge on any atom is -0.456 e. The quantitative estimate of drug-likeness (QED) is 0.113. The number of rotatable bonds is 8. The summed E-state index contributed by atoms with van der Waals surface area (Å²) in [5.41, 5.74) is 0. The van der Waals surface area contributed by atoms with Crippen molar-refractivity contribution >= 4 is 57.2 Å². The molecular weight excluding hydrogens is 688 g/mol. The molecule has 0 N–H and O–H groups in total. The molecule has 6 rings (SSSR count). The van der Waals surface area contributed by atoms with E-state index in [9.17, 15) is 0 Å². The van der Waals surface area contributed by atoms with Crippen molar-refractivity contribution in [2.75, 3.05) is 0 Å². The molecule has 0 aliphatic rings. The molecule has 0 bridgehead atoms. The monoisotopic (exact) mass is 720 g/mol. The van der Waals surface area contributed by atoms with Crippen LogP contribution < -0.4 is 36.6 Å². The Bertz CT molecular complexity index is 1450. The van der Waals surface area contributed by atoms with Gasteiger partial charge in [0.15, 0.2) is 0 Å². The number of para-hydroxylation sites is 2. The van der Waals surface area contributed by atoms with Crippen LogP contribution in [0.15, 0.2) is 170 Å². The van der Waals surface area contributed by atoms with E-state index in [2.05, 4.69) is 211 Å². The van der Waals surface area contributed by atoms with Crippen molar-refractivity contribution in [2.24, 2.45) is 0 Å². The Kier molecular flexibility index (Phi) is 14.4. The molecule has 0 amide bonds. The second-order valence-corrected chi connectivity index (χ2v) is 13.7. The first-order chi connectivity index (χ1) is 21.8. The van der Waals surface area contributed by atoms with Crippen LogP contribution in [0.3, 0.4) is 0 Å². The van der Waals surface area contributed by atoms with Gasteiger partial charge in [0.05, 0.1) is 0 Å². The molecule has 6 aromatic carbocycles. The number of hydrogen-bond donors (Lipinski definition) is 0. The molecule has 5 heteroatoms. The number of hydrogen-bond acceptors (Lipinski definition) is 1. The number of ether oxygens (including phenoxy) is 1. The smallest absolute Gasteiger partial charge is 0.135 e. The van der Waals surface area contributed by atoms with E-state index in [1.54, 1.807) is 0 Å². The van der Waals surface area contributed by atoms with Crippen molar-refractivity contribution in [1.82, 2.24) is 0 Å². The number of benzene rings is 6. The van der Waals surface area contributed by atoms with Crippen LogP contribution in [0.4, 0.5) is 0 Å². The van der Waals surface area contributed by atoms with Crippen LogP contribution in [-0.2, 0) is 18.2 Å². The van der Waals surface area contributed by atoms with Crippen molar-refractivity contribution in [1.29, 1.82) is 0 Å². The largest absolute Gasteiger partial charge is 0.456 e. The topological polar surface area (TPSA) is 9.23 Å². The van der Waals surface area contributed by atoms with Crippen LogP contribution in [0.25, 0.3) is 0 Å². The summed E-state index contributed by atoms with van der Waals surface area (Å²) in [5.74, 6) is 1.81. The maximum Gasteiger partial charge on any atom is 0.135 e. The van der Waals surface area contributed by atoms with Crippen LogP contribution in [-0.4, -0.2) is 0 Å². The van der Waals surface area contributed by atoms with Gasteiger partial charge in [-0.2, -0.15) is 0 Å². The third-order valence-corrected chi connectivity index (χ3v) is 11.5. The minimum atomic E-state index is -0.795. The molecule has 0 spiro atoms. The van der Waals surface area contributed by atoms with Gasteiger partial charge in [-0.25, -0.2) is 0 Å². The molecule has 0 heterocycles. The summed E-state index contributed by atoms with van der Waals surface area (Å²) in [6.07, 6.45) is 1.50. The van der Waals surface area contributed by atoms with E-state index in [4.69, 9.17) is 4.74 Å². The molecule has 0 aromatic heterocycles. The van der Waals surface area contributed by atoms with Crippen LogP contribution >= 0.6 is 25.4 Å². The molecule has 6 aromatic rings. The van der Waals surface area contributed by atoms with Crippen LogP contribution in [0.5, 0.6) is 11.5 Å². The first-order valence-electron chi connectivity index (χ1n) is 14.0. The van der Waals surface area contributed by atoms with Gasteiger partial charge in [0.25, 0.3) is 0 Å². The summed E-state index contributed by atoms with van der Waals surface area (Å²) < 4.78 is 6.92. The zero-order valence-corrected chi connectivity index (χ0v) is 28.3. The van der Waals surface area contributed by atoms with E-state index < -0.39 is 15.8 Å². The molecule has 0 fully saturated rings. The van der Waals surface area contributed by atoms with Crippen molar-refractivity contribution in [3.05, 3.63) is 190 Å². The summed E-state index contributed by atoms with van der Waals surface area (Å²) in [7, 11) is 2.90. The van der Waals surface area contributed by atoms with Gasteiger partial charge in [0.1, 0.15) is 11.5 Å². The van der Waals surface area contributed by atoms with E-state index in [-0.39, 0.29) is 0 Å². The maximum atomic E-state index is 6.92. The second kappa shape index (κ2) is 18.7. The fraction of sp³-hybridized carbons (Fsp3) is 0. The van der Waals surface area contributed by atoms with E-state index in [0.717, 1.165) is 11.5 Å². The minimum absolute atomic E-state index is 0.795. The molecule has 44 heavy (non-hydrogen) atoms. The van der Waals surface area contributed by atoms with Crippen LogP contribution in [0.1, 0.15) is 0 Å². The van der Waals surface area contributed by atoms with Crippen molar-refractivity contribution in [2.45, 2.75) is 0 Å². The molecule has 1 nitrogen and oxygen atoms in total. The SMILES string of the molecule is [CH2][CH][CH2].[Cl][Pd+].c1ccc(P(c2ccccc2)c2ccccc2Oc2ccccc2P(c2ccccc2)c2ccccc2)cc1. The Morgan fingerprint density at radius 2 is 0.636 bits per heavy atom. The Labute approximate surface area is 280 Å². The average Bonchev–Trinajstić information content (AvgIpc) is 3.10. The first kappa shape index (κ1) is 33.8. The summed E-state index contributed by atoms with van der Waals surface area (Å²) >= 11 is 2.22. The molecule has 0 unspecified atom stereocenters. The van der Waals surface area contributed by atoms with Gasteiger partial charge in [-0.1, -0.05) is 158 Å². The van der Waals surface area contributed by atoms with Crippen LogP contribution in [0.2, 0.25) is 0 Å². The molecule has 0 atom stereocenters. The molecule has 0 saturated heterocycles. The Morgan fingerprint density at radius 1 is 0.409 bits per heavy atom. The predicted octanol–water partition coefficient (Wildman–Crippen LogP) is 8.54. The molecular formula is C39H33ClOP2Pd+. The first-order valence-corrected chi connectivity index (χ1v) is 18.7. The van der Waals surface area contributed by atoms with E-state index in [0.29, 0.717) is 0 Å². The number of halogens is 1. The van der Waals surface area contributed by atoms with Gasteiger partial charge in [-0.05, 0) is 69.5 Å². The summed E-state index contributed by atoms with van der Waals surface area (Å²) in [5, 5.41) is 7.64. The molecule has 0 aliphatic carbocycles. The fourth-order valence-corrected chi connectivity index (χ4v) is 9.48. The van der Waals surface area contributed by atoms with Gasteiger partial charge < -0.3 is 4.74 Å². The summed E-state index contributed by atoms with van der Waals surface area (Å²) in [4.78, 5) is 0. The van der Waals surface area contributed by atoms with Crippen molar-refractivity contribution in [3.63, 3.8) is 0 Å². The Hall–Kier alpha value is -3.07. The predicted molar refractivity (Wildman–Crippen MR) is 191 cm³/mol. The van der Waals surface area contributed by atoms with Gasteiger partial charge in [0, 0.05) is 10.6 Å². The molecule has 3 radical (unpaired) electrons. The molecule has 0 saturated carbocycles. The maximum absolute atomic E-state index is 6.92. The van der Waals surface area contributed by atoms with Gasteiger partial charge >= 0.3 is 27.7 Å². The van der Waals surface area contributed by atoms with Crippen molar-refractivity contribution < 1.29 is 22.9 Å². The van der Waals surface area contributed by atoms with E-state index in [1.165, 1.54) is 38.2 Å². The van der Waals surface area contributed by atoms with Crippen LogP contribution in [0, 0.1) is 20.3 Å². The third-order valence-electron chi connectivity index (χ3n) is 6.49. The fourth-order valence-electron chi connectivity index (χ4n) is 4.74. The average molecular weight is 722 g/mol. The molecule has 0 aliphatic heterocycles. The van der Waals surface area contributed by atoms with Gasteiger partial charge in [-0.15, -0.1) is 0 Å². The Morgan fingerprint density at radius 3 is 0.909 bits per heavy atom. The second-order valence-electron chi connectivity index (χ2n) is 9.34. The summed E-state index contributed by atoms with van der Waals surface area (Å²) in [6, 6.07) is 60.2. The van der Waals surface area contributed by atoms with Gasteiger partial charge in [0.2, 0.25) is 0 Å². The third kappa shape index (κ3) is 8.99. The molecule has 221 valence electrons. The summed E-state index contributed by atoms with van der Waals surface area (Å²) in [6.45, 7) is 6.50. The van der Waals surface area contributed by atoms with Crippen molar-refractivity contribution in [3.8, 4) is 11.5 Å². The zero-order chi connectivity index (χ0) is 31.0. The standard InChI is InChI=1S/C36H28OP2.C3H5.ClH.Pd/c1-5-17-29(18-6-1)38(30-19-7-2-8-20-30)35-27-15-13-25-33(35)37-34-26-14-16-28-36(34)39(31-21-9-3-10-22-31)32-23-11-4-12-24-32;1-3-2;;/h1-28H;3H,1-2H2;1H;/q;;;+2/p-1. The zero-order valence-electron chi connectivity index (χ0n) is 24.2.